The summed E-state index contributed by atoms with van der Waals surface area (Å²) in [6, 6.07) is 3.11. The van der Waals surface area contributed by atoms with E-state index in [0.717, 1.165) is 13.0 Å². The van der Waals surface area contributed by atoms with Crippen molar-refractivity contribution in [3.05, 3.63) is 23.7 Å². The number of ether oxygens (including phenoxy) is 1. The number of aromatic carboxylic acids is 1. The zero-order valence-electron chi connectivity index (χ0n) is 10.9. The molecule has 7 heteroatoms. The van der Waals surface area contributed by atoms with Crippen LogP contribution in [0.15, 0.2) is 12.1 Å². The highest BCUT2D eigenvalue weighted by Gasteiger charge is 2.24. The first-order chi connectivity index (χ1) is 9.56. The van der Waals surface area contributed by atoms with Crippen LogP contribution < -0.4 is 0 Å². The Hall–Kier alpha value is -1.66. The lowest BCUT2D eigenvalue weighted by Crippen LogP contribution is -2.32. The number of pyridine rings is 1. The molecule has 0 amide bonds. The van der Waals surface area contributed by atoms with E-state index in [1.165, 1.54) is 6.07 Å². The van der Waals surface area contributed by atoms with E-state index in [0.29, 0.717) is 23.5 Å². The highest BCUT2D eigenvalue weighted by atomic mass is 35.5. The minimum atomic E-state index is -1.06. The third-order valence-electron chi connectivity index (χ3n) is 3.38. The van der Waals surface area contributed by atoms with Crippen LogP contribution in [0, 0.1) is 0 Å². The number of alkyl halides is 1. The molecule has 1 aliphatic heterocycles. The molecule has 3 rings (SSSR count). The van der Waals surface area contributed by atoms with Gasteiger partial charge < -0.3 is 14.4 Å². The first-order valence-electron chi connectivity index (χ1n) is 6.42. The van der Waals surface area contributed by atoms with Gasteiger partial charge in [-0.05, 0) is 25.5 Å². The standard InChI is InChI=1S/C13H14ClN3O3/c1-7(14)11-15-9-2-3-10(13(18)19)16-12(9)17(11)6-8-4-5-20-8/h2-3,7-8H,4-6H2,1H3,(H,18,19). The van der Waals surface area contributed by atoms with Gasteiger partial charge in [0.1, 0.15) is 11.3 Å². The fraction of sp³-hybridized carbons (Fsp3) is 0.462. The third-order valence-corrected chi connectivity index (χ3v) is 3.57. The summed E-state index contributed by atoms with van der Waals surface area (Å²) in [6.07, 6.45) is 1.10. The molecular formula is C13H14ClN3O3. The van der Waals surface area contributed by atoms with Gasteiger partial charge in [0.05, 0.1) is 18.0 Å². The normalized spacial score (nSPS) is 19.8. The lowest BCUT2D eigenvalue weighted by Gasteiger charge is -2.27. The second-order valence-electron chi connectivity index (χ2n) is 4.82. The first-order valence-corrected chi connectivity index (χ1v) is 6.86. The van der Waals surface area contributed by atoms with Crippen LogP contribution in [-0.2, 0) is 11.3 Å². The Morgan fingerprint density at radius 2 is 2.35 bits per heavy atom. The van der Waals surface area contributed by atoms with Crippen LogP contribution in [0.1, 0.15) is 35.0 Å². The zero-order valence-corrected chi connectivity index (χ0v) is 11.7. The zero-order chi connectivity index (χ0) is 14.3. The van der Waals surface area contributed by atoms with E-state index in [1.54, 1.807) is 6.07 Å². The number of aromatic nitrogens is 3. The van der Waals surface area contributed by atoms with Crippen molar-refractivity contribution in [3.8, 4) is 0 Å². The van der Waals surface area contributed by atoms with Crippen LogP contribution in [0.3, 0.4) is 0 Å². The van der Waals surface area contributed by atoms with Crippen molar-refractivity contribution in [2.75, 3.05) is 6.61 Å². The molecule has 0 aliphatic carbocycles. The van der Waals surface area contributed by atoms with Gasteiger partial charge in [0.2, 0.25) is 0 Å². The van der Waals surface area contributed by atoms with Crippen LogP contribution in [0.25, 0.3) is 11.2 Å². The van der Waals surface area contributed by atoms with Gasteiger partial charge in [-0.3, -0.25) is 0 Å². The Morgan fingerprint density at radius 3 is 2.90 bits per heavy atom. The van der Waals surface area contributed by atoms with E-state index in [1.807, 2.05) is 11.5 Å². The number of rotatable bonds is 4. The fourth-order valence-electron chi connectivity index (χ4n) is 2.25. The largest absolute Gasteiger partial charge is 0.477 e. The van der Waals surface area contributed by atoms with Crippen molar-refractivity contribution >= 4 is 28.7 Å². The highest BCUT2D eigenvalue weighted by molar-refractivity contribution is 6.20. The summed E-state index contributed by atoms with van der Waals surface area (Å²) in [6.45, 7) is 3.19. The minimum Gasteiger partial charge on any atom is -0.477 e. The number of hydrogen-bond acceptors (Lipinski definition) is 4. The maximum Gasteiger partial charge on any atom is 0.354 e. The predicted octanol–water partition coefficient (Wildman–Crippen LogP) is 2.22. The molecule has 3 heterocycles. The summed E-state index contributed by atoms with van der Waals surface area (Å²) in [5, 5.41) is 8.77. The van der Waals surface area contributed by atoms with E-state index in [2.05, 4.69) is 9.97 Å². The smallest absolute Gasteiger partial charge is 0.354 e. The number of imidazole rings is 1. The fourth-order valence-corrected chi connectivity index (χ4v) is 2.42. The van der Waals surface area contributed by atoms with Crippen molar-refractivity contribution in [3.63, 3.8) is 0 Å². The molecule has 2 aromatic heterocycles. The number of halogens is 1. The van der Waals surface area contributed by atoms with Gasteiger partial charge in [-0.25, -0.2) is 14.8 Å². The van der Waals surface area contributed by atoms with E-state index >= 15 is 0 Å². The van der Waals surface area contributed by atoms with Crippen LogP contribution in [0.5, 0.6) is 0 Å². The van der Waals surface area contributed by atoms with Gasteiger partial charge in [0.15, 0.2) is 11.3 Å². The van der Waals surface area contributed by atoms with Crippen LogP contribution in [-0.4, -0.2) is 38.3 Å². The molecule has 0 spiro atoms. The lowest BCUT2D eigenvalue weighted by atomic mass is 10.2. The van der Waals surface area contributed by atoms with Crippen molar-refractivity contribution in [2.24, 2.45) is 0 Å². The third kappa shape index (κ3) is 2.25. The van der Waals surface area contributed by atoms with Crippen molar-refractivity contribution in [1.82, 2.24) is 14.5 Å². The Kier molecular flexibility index (Phi) is 3.35. The molecule has 0 aromatic carbocycles. The number of nitrogens with zero attached hydrogens (tertiary/aromatic N) is 3. The summed E-state index contributed by atoms with van der Waals surface area (Å²) >= 11 is 6.16. The van der Waals surface area contributed by atoms with Gasteiger partial charge in [-0.2, -0.15) is 0 Å². The summed E-state index contributed by atoms with van der Waals surface area (Å²) in [7, 11) is 0. The van der Waals surface area contributed by atoms with E-state index in [4.69, 9.17) is 21.4 Å². The maximum absolute atomic E-state index is 11.0. The average Bonchev–Trinajstić information content (AvgIpc) is 2.71. The molecule has 2 unspecified atom stereocenters. The first kappa shape index (κ1) is 13.3. The van der Waals surface area contributed by atoms with Crippen molar-refractivity contribution in [1.29, 1.82) is 0 Å². The quantitative estimate of drug-likeness (QED) is 0.875. The number of carbonyl (C=O) groups is 1. The molecule has 0 radical (unpaired) electrons. The predicted molar refractivity (Wildman–Crippen MR) is 73.1 cm³/mol. The second kappa shape index (κ2) is 5.03. The molecular weight excluding hydrogens is 282 g/mol. The number of fused-ring (bicyclic) bond motifs is 1. The number of carboxylic acids is 1. The van der Waals surface area contributed by atoms with Gasteiger partial charge in [0.25, 0.3) is 0 Å². The van der Waals surface area contributed by atoms with E-state index in [9.17, 15) is 4.79 Å². The van der Waals surface area contributed by atoms with Gasteiger partial charge >= 0.3 is 5.97 Å². The van der Waals surface area contributed by atoms with Crippen molar-refractivity contribution < 1.29 is 14.6 Å². The molecule has 2 aromatic rings. The Balaban J connectivity index is 2.11. The number of hydrogen-bond donors (Lipinski definition) is 1. The molecule has 1 fully saturated rings. The molecule has 106 valence electrons. The molecule has 0 saturated carbocycles. The van der Waals surface area contributed by atoms with Crippen molar-refractivity contribution in [2.45, 2.75) is 31.4 Å². The minimum absolute atomic E-state index is 0.00181. The molecule has 2 atom stereocenters. The highest BCUT2D eigenvalue weighted by Crippen LogP contribution is 2.26. The van der Waals surface area contributed by atoms with E-state index < -0.39 is 5.97 Å². The van der Waals surface area contributed by atoms with Gasteiger partial charge in [-0.15, -0.1) is 11.6 Å². The van der Waals surface area contributed by atoms with E-state index in [-0.39, 0.29) is 17.2 Å². The Bertz CT molecular complexity index is 664. The van der Waals surface area contributed by atoms with Crippen LogP contribution >= 0.6 is 11.6 Å². The van der Waals surface area contributed by atoms with Gasteiger partial charge in [-0.1, -0.05) is 0 Å². The monoisotopic (exact) mass is 295 g/mol. The molecule has 1 saturated heterocycles. The van der Waals surface area contributed by atoms with Crippen LogP contribution in [0.4, 0.5) is 0 Å². The second-order valence-corrected chi connectivity index (χ2v) is 5.48. The summed E-state index contributed by atoms with van der Waals surface area (Å²) in [5.41, 5.74) is 1.20. The summed E-state index contributed by atoms with van der Waals surface area (Å²) in [5.74, 6) is -0.368. The molecule has 1 N–H and O–H groups in total. The Morgan fingerprint density at radius 1 is 1.60 bits per heavy atom. The van der Waals surface area contributed by atoms with Crippen LogP contribution in [0.2, 0.25) is 0 Å². The average molecular weight is 296 g/mol. The molecule has 6 nitrogen and oxygen atoms in total. The van der Waals surface area contributed by atoms with Gasteiger partial charge in [0, 0.05) is 6.61 Å². The molecule has 1 aliphatic rings. The summed E-state index contributed by atoms with van der Waals surface area (Å²) in [4.78, 5) is 19.7. The molecule has 0 bridgehead atoms. The maximum atomic E-state index is 11.0. The SMILES string of the molecule is CC(Cl)c1nc2ccc(C(=O)O)nc2n1CC1CCO1. The topological polar surface area (TPSA) is 77.2 Å². The molecule has 20 heavy (non-hydrogen) atoms. The number of carboxylic acid groups (broad SMARTS) is 1. The summed E-state index contributed by atoms with van der Waals surface area (Å²) < 4.78 is 7.29. The lowest BCUT2D eigenvalue weighted by molar-refractivity contribution is -0.0590. The Labute approximate surface area is 120 Å².